The first-order valence-electron chi connectivity index (χ1n) is 10.5. The van der Waals surface area contributed by atoms with E-state index in [1.807, 2.05) is 32.9 Å². The zero-order valence-corrected chi connectivity index (χ0v) is 19.1. The molecular weight excluding hydrogens is 367 g/mol. The van der Waals surface area contributed by atoms with Gasteiger partial charge < -0.3 is 23.8 Å². The molecule has 0 N–H and O–H groups in total. The minimum Gasteiger partial charge on any atom is -0.444 e. The van der Waals surface area contributed by atoms with E-state index in [1.54, 1.807) is 4.90 Å². The minimum absolute atomic E-state index is 0.185. The Morgan fingerprint density at radius 1 is 1.14 bits per heavy atom. The van der Waals surface area contributed by atoms with Crippen molar-refractivity contribution >= 4 is 24.4 Å². The van der Waals surface area contributed by atoms with Crippen LogP contribution < -0.4 is 10.4 Å². The highest BCUT2D eigenvalue weighted by atomic mass is 16.7. The van der Waals surface area contributed by atoms with Gasteiger partial charge in [0.15, 0.2) is 0 Å². The predicted octanol–water partition coefficient (Wildman–Crippen LogP) is 3.43. The fourth-order valence-electron chi connectivity index (χ4n) is 3.66. The van der Waals surface area contributed by atoms with Crippen molar-refractivity contribution in [3.05, 3.63) is 24.3 Å². The Hall–Kier alpha value is -1.73. The Morgan fingerprint density at radius 3 is 2.31 bits per heavy atom. The summed E-state index contributed by atoms with van der Waals surface area (Å²) in [6.45, 7) is 18.1. The molecule has 0 aliphatic carbocycles. The Kier molecular flexibility index (Phi) is 5.69. The molecule has 0 bridgehead atoms. The van der Waals surface area contributed by atoms with Crippen LogP contribution in [0.4, 0.5) is 10.5 Å². The van der Waals surface area contributed by atoms with Crippen molar-refractivity contribution in [1.82, 2.24) is 4.90 Å². The van der Waals surface area contributed by atoms with Gasteiger partial charge in [-0.05, 0) is 73.0 Å². The molecule has 0 spiro atoms. The SMILES string of the molecule is C[C@H]1CN(C(=O)OC(C)(C)C)CCN1c1cccc(B2OC(C)(C)C(C)(C)O2)c1. The smallest absolute Gasteiger partial charge is 0.444 e. The molecule has 2 fully saturated rings. The monoisotopic (exact) mass is 402 g/mol. The molecule has 1 amide bonds. The van der Waals surface area contributed by atoms with Crippen molar-refractivity contribution in [3.8, 4) is 0 Å². The van der Waals surface area contributed by atoms with Gasteiger partial charge in [0, 0.05) is 31.4 Å². The first-order chi connectivity index (χ1) is 13.3. The van der Waals surface area contributed by atoms with E-state index in [-0.39, 0.29) is 30.5 Å². The van der Waals surface area contributed by atoms with E-state index in [2.05, 4.69) is 51.7 Å². The number of hydrogen-bond donors (Lipinski definition) is 0. The summed E-state index contributed by atoms with van der Waals surface area (Å²) >= 11 is 0. The number of carbonyl (C=O) groups is 1. The molecule has 6 nitrogen and oxygen atoms in total. The van der Waals surface area contributed by atoms with Crippen LogP contribution in [0.5, 0.6) is 0 Å². The summed E-state index contributed by atoms with van der Waals surface area (Å²) in [7, 11) is -0.377. The van der Waals surface area contributed by atoms with Gasteiger partial charge in [0.1, 0.15) is 5.60 Å². The number of piperazine rings is 1. The van der Waals surface area contributed by atoms with E-state index < -0.39 is 5.60 Å². The van der Waals surface area contributed by atoms with Gasteiger partial charge in [-0.2, -0.15) is 0 Å². The summed E-state index contributed by atoms with van der Waals surface area (Å²) in [5.74, 6) is 0. The van der Waals surface area contributed by atoms with E-state index in [9.17, 15) is 4.79 Å². The van der Waals surface area contributed by atoms with Crippen molar-refractivity contribution in [2.24, 2.45) is 0 Å². The summed E-state index contributed by atoms with van der Waals surface area (Å²) < 4.78 is 17.9. The van der Waals surface area contributed by atoms with Crippen LogP contribution in [0.25, 0.3) is 0 Å². The van der Waals surface area contributed by atoms with Gasteiger partial charge in [-0.1, -0.05) is 12.1 Å². The second kappa shape index (κ2) is 7.51. The molecule has 1 aromatic carbocycles. The fraction of sp³-hybridized carbons (Fsp3) is 0.682. The van der Waals surface area contributed by atoms with Gasteiger partial charge in [-0.3, -0.25) is 0 Å². The molecule has 0 radical (unpaired) electrons. The van der Waals surface area contributed by atoms with Gasteiger partial charge in [-0.25, -0.2) is 4.79 Å². The molecule has 1 aromatic rings. The summed E-state index contributed by atoms with van der Waals surface area (Å²) in [5.41, 5.74) is 0.936. The lowest BCUT2D eigenvalue weighted by atomic mass is 9.79. The largest absolute Gasteiger partial charge is 0.494 e. The van der Waals surface area contributed by atoms with E-state index in [1.165, 1.54) is 0 Å². The maximum atomic E-state index is 12.4. The number of carbonyl (C=O) groups excluding carboxylic acids is 1. The molecule has 0 aromatic heterocycles. The van der Waals surface area contributed by atoms with Crippen molar-refractivity contribution in [2.75, 3.05) is 24.5 Å². The fourth-order valence-corrected chi connectivity index (χ4v) is 3.66. The molecule has 29 heavy (non-hydrogen) atoms. The average Bonchev–Trinajstić information content (AvgIpc) is 2.81. The van der Waals surface area contributed by atoms with Crippen molar-refractivity contribution in [3.63, 3.8) is 0 Å². The van der Waals surface area contributed by atoms with Gasteiger partial charge >= 0.3 is 13.2 Å². The first-order valence-corrected chi connectivity index (χ1v) is 10.5. The highest BCUT2D eigenvalue weighted by Crippen LogP contribution is 2.36. The molecule has 2 saturated heterocycles. The molecular formula is C22H35BN2O4. The molecule has 1 atom stereocenters. The highest BCUT2D eigenvalue weighted by Gasteiger charge is 2.51. The second-order valence-electron chi connectivity index (χ2n) is 10.2. The molecule has 2 heterocycles. The number of amides is 1. The van der Waals surface area contributed by atoms with E-state index in [0.717, 1.165) is 17.7 Å². The summed E-state index contributed by atoms with van der Waals surface area (Å²) in [6, 6.07) is 8.52. The third kappa shape index (κ3) is 4.72. The Balaban J connectivity index is 1.70. The van der Waals surface area contributed by atoms with E-state index in [0.29, 0.717) is 13.1 Å². The Labute approximate surface area is 175 Å². The maximum absolute atomic E-state index is 12.4. The number of ether oxygens (including phenoxy) is 1. The predicted molar refractivity (Wildman–Crippen MR) is 117 cm³/mol. The number of rotatable bonds is 2. The van der Waals surface area contributed by atoms with Gasteiger partial charge in [0.25, 0.3) is 0 Å². The van der Waals surface area contributed by atoms with Gasteiger partial charge in [0.2, 0.25) is 0 Å². The number of anilines is 1. The van der Waals surface area contributed by atoms with Crippen LogP contribution in [0.15, 0.2) is 24.3 Å². The highest BCUT2D eigenvalue weighted by molar-refractivity contribution is 6.62. The van der Waals surface area contributed by atoms with Crippen LogP contribution in [0.1, 0.15) is 55.4 Å². The summed E-state index contributed by atoms with van der Waals surface area (Å²) in [4.78, 5) is 16.5. The average molecular weight is 402 g/mol. The lowest BCUT2D eigenvalue weighted by Crippen LogP contribution is -2.54. The molecule has 3 rings (SSSR count). The maximum Gasteiger partial charge on any atom is 0.494 e. The van der Waals surface area contributed by atoms with Crippen molar-refractivity contribution in [1.29, 1.82) is 0 Å². The number of benzene rings is 1. The first kappa shape index (κ1) is 22.0. The Bertz CT molecular complexity index is 743. The third-order valence-corrected chi connectivity index (χ3v) is 6.01. The number of nitrogens with zero attached hydrogens (tertiary/aromatic N) is 2. The van der Waals surface area contributed by atoms with E-state index >= 15 is 0 Å². The molecule has 2 aliphatic rings. The summed E-state index contributed by atoms with van der Waals surface area (Å²) in [5, 5.41) is 0. The minimum atomic E-state index is -0.478. The van der Waals surface area contributed by atoms with Crippen LogP contribution in [0.3, 0.4) is 0 Å². The second-order valence-corrected chi connectivity index (χ2v) is 10.2. The van der Waals surface area contributed by atoms with E-state index in [4.69, 9.17) is 14.0 Å². The molecule has 160 valence electrons. The lowest BCUT2D eigenvalue weighted by Gasteiger charge is -2.41. The normalized spacial score (nSPS) is 24.0. The van der Waals surface area contributed by atoms with Gasteiger partial charge in [-0.15, -0.1) is 0 Å². The standard InChI is InChI=1S/C22H35BN2O4/c1-16-15-24(19(26)27-20(2,3)4)12-13-25(16)18-11-9-10-17(14-18)23-28-21(5,6)22(7,8)29-23/h9-11,14,16H,12-13,15H2,1-8H3/t16-/m0/s1. The quantitative estimate of drug-likeness (QED) is 0.710. The van der Waals surface area contributed by atoms with Gasteiger partial charge in [0.05, 0.1) is 11.2 Å². The van der Waals surface area contributed by atoms with Crippen LogP contribution >= 0.6 is 0 Å². The molecule has 0 unspecified atom stereocenters. The zero-order valence-electron chi connectivity index (χ0n) is 19.1. The third-order valence-electron chi connectivity index (χ3n) is 6.01. The molecule has 0 saturated carbocycles. The van der Waals surface area contributed by atoms with Crippen LogP contribution in [-0.4, -0.2) is 60.6 Å². The van der Waals surface area contributed by atoms with Crippen LogP contribution in [-0.2, 0) is 14.0 Å². The number of hydrogen-bond acceptors (Lipinski definition) is 5. The topological polar surface area (TPSA) is 51.2 Å². The molecule has 7 heteroatoms. The van der Waals surface area contributed by atoms with Crippen molar-refractivity contribution < 1.29 is 18.8 Å². The van der Waals surface area contributed by atoms with Crippen LogP contribution in [0.2, 0.25) is 0 Å². The zero-order chi connectivity index (χ0) is 21.6. The molecule has 2 aliphatic heterocycles. The summed E-state index contributed by atoms with van der Waals surface area (Å²) in [6.07, 6.45) is -0.241. The van der Waals surface area contributed by atoms with Crippen molar-refractivity contribution in [2.45, 2.75) is 78.2 Å². The van der Waals surface area contributed by atoms with Crippen LogP contribution in [0, 0.1) is 0 Å². The Morgan fingerprint density at radius 2 is 1.76 bits per heavy atom. The lowest BCUT2D eigenvalue weighted by molar-refractivity contribution is 0.00578.